The average molecular weight is 742 g/mol. The molecule has 51 heavy (non-hydrogen) atoms. The number of carbonyl (C=O) groups is 1. The van der Waals surface area contributed by atoms with Crippen molar-refractivity contribution < 1.29 is 58.5 Å². The lowest BCUT2D eigenvalue weighted by Gasteiger charge is -2.16. The van der Waals surface area contributed by atoms with Crippen molar-refractivity contribution >= 4 is 37.6 Å². The summed E-state index contributed by atoms with van der Waals surface area (Å²) in [6, 6.07) is 11.4. The van der Waals surface area contributed by atoms with Crippen LogP contribution in [0.1, 0.15) is 16.7 Å². The number of aromatic amines is 1. The Morgan fingerprint density at radius 1 is 0.902 bits per heavy atom. The minimum Gasteiger partial charge on any atom is -0.497 e. The number of nitrogens with zero attached hydrogens (tertiary/aromatic N) is 1. The normalized spacial score (nSPS) is 12.3. The highest BCUT2D eigenvalue weighted by atomic mass is 32.2. The van der Waals surface area contributed by atoms with E-state index in [1.807, 2.05) is 4.72 Å². The van der Waals surface area contributed by atoms with Crippen LogP contribution in [-0.2, 0) is 27.0 Å². The second-order valence-electron chi connectivity index (χ2n) is 11.3. The van der Waals surface area contributed by atoms with Crippen molar-refractivity contribution in [3.05, 3.63) is 88.0 Å². The third-order valence-corrected chi connectivity index (χ3v) is 8.76. The second-order valence-corrected chi connectivity index (χ2v) is 13.0. The average Bonchev–Trinajstić information content (AvgIpc) is 3.37. The zero-order valence-corrected chi connectivity index (χ0v) is 27.8. The van der Waals surface area contributed by atoms with Crippen molar-refractivity contribution in [3.8, 4) is 28.7 Å². The number of pyridine rings is 1. The molecule has 0 aliphatic carbocycles. The number of carbonyl (C=O) groups excluding carboxylic acids is 1. The van der Waals surface area contributed by atoms with E-state index in [0.29, 0.717) is 22.6 Å². The van der Waals surface area contributed by atoms with E-state index in [1.165, 1.54) is 63.7 Å². The SMILES string of the molecule is COc1ccc(OC)c(CC(=O)NS(=O)(=O)Cc2ccc(-n3cc4c(OCC(F)(F)F)c5[nH]cccc5c(OCC(F)(F)F)c4c3=O)c(C)c2)c1. The molecule has 0 fully saturated rings. The van der Waals surface area contributed by atoms with Crippen molar-refractivity contribution in [1.82, 2.24) is 14.3 Å². The quantitative estimate of drug-likeness (QED) is 0.152. The number of nitrogens with one attached hydrogen (secondary N) is 2. The summed E-state index contributed by atoms with van der Waals surface area (Å²) in [6.45, 7) is -2.06. The molecule has 0 aliphatic rings. The van der Waals surface area contributed by atoms with Gasteiger partial charge < -0.3 is 23.9 Å². The number of halogens is 6. The van der Waals surface area contributed by atoms with Crippen LogP contribution in [0.5, 0.6) is 23.0 Å². The number of sulfonamides is 1. The Kier molecular flexibility index (Phi) is 10.2. The van der Waals surface area contributed by atoms with E-state index in [9.17, 15) is 44.3 Å². The zero-order chi connectivity index (χ0) is 37.3. The summed E-state index contributed by atoms with van der Waals surface area (Å²) in [4.78, 5) is 29.2. The number of alkyl halides is 6. The number of rotatable bonds is 12. The summed E-state index contributed by atoms with van der Waals surface area (Å²) in [6.07, 6.45) is -7.54. The Hall–Kier alpha value is -5.39. The molecule has 2 heterocycles. The number of aryl methyl sites for hydroxylation is 1. The lowest BCUT2D eigenvalue weighted by molar-refractivity contribution is -0.154. The van der Waals surface area contributed by atoms with Gasteiger partial charge >= 0.3 is 12.4 Å². The molecule has 0 saturated heterocycles. The molecule has 0 atom stereocenters. The smallest absolute Gasteiger partial charge is 0.422 e. The Bertz CT molecular complexity index is 2280. The van der Waals surface area contributed by atoms with Crippen LogP contribution in [0.25, 0.3) is 27.4 Å². The lowest BCUT2D eigenvalue weighted by atomic mass is 10.1. The van der Waals surface area contributed by atoms with E-state index >= 15 is 0 Å². The van der Waals surface area contributed by atoms with Crippen LogP contribution >= 0.6 is 0 Å². The van der Waals surface area contributed by atoms with Crippen LogP contribution in [0.4, 0.5) is 26.3 Å². The number of H-pyrrole nitrogens is 1. The van der Waals surface area contributed by atoms with Crippen LogP contribution in [0, 0.1) is 6.92 Å². The molecule has 3 aromatic carbocycles. The fraction of sp³-hybridized carbons (Fsp3) is 0.273. The first-order chi connectivity index (χ1) is 23.9. The Morgan fingerprint density at radius 3 is 2.22 bits per heavy atom. The van der Waals surface area contributed by atoms with Crippen LogP contribution in [0.2, 0.25) is 0 Å². The number of methoxy groups -OCH3 is 2. The largest absolute Gasteiger partial charge is 0.497 e. The number of hydrogen-bond acceptors (Lipinski definition) is 8. The highest BCUT2D eigenvalue weighted by Gasteiger charge is 2.33. The van der Waals surface area contributed by atoms with E-state index in [2.05, 4.69) is 4.98 Å². The van der Waals surface area contributed by atoms with Crippen molar-refractivity contribution in [2.45, 2.75) is 31.5 Å². The molecule has 5 rings (SSSR count). The maximum absolute atomic E-state index is 13.8. The molecular weight excluding hydrogens is 712 g/mol. The minimum atomic E-state index is -4.82. The summed E-state index contributed by atoms with van der Waals surface area (Å²) in [7, 11) is -1.43. The molecule has 11 nitrogen and oxygen atoms in total. The number of amides is 1. The van der Waals surface area contributed by atoms with E-state index in [4.69, 9.17) is 18.9 Å². The van der Waals surface area contributed by atoms with E-state index < -0.39 is 69.7 Å². The summed E-state index contributed by atoms with van der Waals surface area (Å²) >= 11 is 0. The van der Waals surface area contributed by atoms with Gasteiger partial charge in [0, 0.05) is 23.3 Å². The Morgan fingerprint density at radius 2 is 1.59 bits per heavy atom. The molecule has 2 aromatic heterocycles. The van der Waals surface area contributed by atoms with Gasteiger partial charge in [-0.15, -0.1) is 0 Å². The molecule has 5 aromatic rings. The van der Waals surface area contributed by atoms with Crippen molar-refractivity contribution in [2.24, 2.45) is 0 Å². The van der Waals surface area contributed by atoms with Gasteiger partial charge in [0.15, 0.2) is 19.0 Å². The number of aromatic nitrogens is 2. The molecule has 0 saturated carbocycles. The second kappa shape index (κ2) is 14.1. The zero-order valence-electron chi connectivity index (χ0n) is 27.0. The van der Waals surface area contributed by atoms with Gasteiger partial charge in [-0.25, -0.2) is 8.42 Å². The molecular formula is C33H29F6N3O8S. The van der Waals surface area contributed by atoms with Gasteiger partial charge in [-0.05, 0) is 54.4 Å². The van der Waals surface area contributed by atoms with Gasteiger partial charge in [0.1, 0.15) is 17.2 Å². The van der Waals surface area contributed by atoms with Crippen molar-refractivity contribution in [1.29, 1.82) is 0 Å². The molecule has 0 unspecified atom stereocenters. The number of ether oxygens (including phenoxy) is 4. The third kappa shape index (κ3) is 8.50. The first-order valence-corrected chi connectivity index (χ1v) is 16.5. The first kappa shape index (κ1) is 36.9. The number of hydrogen-bond donors (Lipinski definition) is 2. The van der Waals surface area contributed by atoms with Gasteiger partial charge in [0.2, 0.25) is 15.9 Å². The van der Waals surface area contributed by atoms with Gasteiger partial charge in [-0.1, -0.05) is 12.1 Å². The van der Waals surface area contributed by atoms with Gasteiger partial charge in [0.25, 0.3) is 5.56 Å². The summed E-state index contributed by atoms with van der Waals surface area (Å²) in [5.74, 6) is -1.71. The monoisotopic (exact) mass is 741 g/mol. The highest BCUT2D eigenvalue weighted by Crippen LogP contribution is 2.42. The fourth-order valence-electron chi connectivity index (χ4n) is 5.49. The van der Waals surface area contributed by atoms with E-state index in [0.717, 1.165) is 10.8 Å². The van der Waals surface area contributed by atoms with E-state index in [-0.39, 0.29) is 34.0 Å². The summed E-state index contributed by atoms with van der Waals surface area (Å²) in [5, 5.41) is -0.867. The van der Waals surface area contributed by atoms with Crippen LogP contribution in [-0.4, -0.2) is 63.7 Å². The fourth-order valence-corrected chi connectivity index (χ4v) is 6.59. The molecule has 0 aliphatic heterocycles. The predicted octanol–water partition coefficient (Wildman–Crippen LogP) is 5.87. The van der Waals surface area contributed by atoms with E-state index in [1.54, 1.807) is 12.1 Å². The highest BCUT2D eigenvalue weighted by molar-refractivity contribution is 7.89. The Labute approximate surface area is 285 Å². The number of benzene rings is 3. The van der Waals surface area contributed by atoms with Gasteiger partial charge in [0.05, 0.1) is 48.4 Å². The first-order valence-electron chi connectivity index (χ1n) is 14.8. The van der Waals surface area contributed by atoms with Crippen molar-refractivity contribution in [3.63, 3.8) is 0 Å². The minimum absolute atomic E-state index is 0.128. The maximum atomic E-state index is 13.8. The molecule has 2 N–H and O–H groups in total. The Balaban J connectivity index is 1.50. The standard InChI is InChI=1S/C33H29F6N3O8S/c1-18-11-19(15-51(45,46)41-26(43)13-20-12-21(47-2)7-9-25(20)48-3)6-8-24(18)42-14-23-27(31(42)44)29(49-16-32(34,35)36)22-5-4-10-40-28(22)30(23)50-17-33(37,38)39/h4-12,14,40H,13,15-17H2,1-3H3,(H,41,43). The van der Waals surface area contributed by atoms with Gasteiger partial charge in [-0.3, -0.25) is 18.9 Å². The van der Waals surface area contributed by atoms with Crippen molar-refractivity contribution in [2.75, 3.05) is 27.4 Å². The van der Waals surface area contributed by atoms with Crippen LogP contribution < -0.4 is 29.2 Å². The predicted molar refractivity (Wildman–Crippen MR) is 173 cm³/mol. The summed E-state index contributed by atoms with van der Waals surface area (Å²) in [5.41, 5.74) is -0.0751. The molecule has 272 valence electrons. The summed E-state index contributed by atoms with van der Waals surface area (Å²) < 4.78 is 129. The van der Waals surface area contributed by atoms with Crippen LogP contribution in [0.3, 0.4) is 0 Å². The molecule has 18 heteroatoms. The molecule has 0 bridgehead atoms. The molecule has 0 radical (unpaired) electrons. The van der Waals surface area contributed by atoms with Crippen LogP contribution in [0.15, 0.2) is 65.7 Å². The molecule has 1 amide bonds. The topological polar surface area (TPSA) is 138 Å². The lowest BCUT2D eigenvalue weighted by Crippen LogP contribution is -2.32. The maximum Gasteiger partial charge on any atom is 0.422 e. The third-order valence-electron chi connectivity index (χ3n) is 7.51. The molecule has 0 spiro atoms. The van der Waals surface area contributed by atoms with Gasteiger partial charge in [-0.2, -0.15) is 26.3 Å². The number of fused-ring (bicyclic) bond motifs is 2.